The van der Waals surface area contributed by atoms with Gasteiger partial charge in [0.25, 0.3) is 10.0 Å². The molecule has 1 aromatic heterocycles. The number of H-pyrrole nitrogens is 1. The molecule has 4 rings (SSSR count). The average molecular weight is 346 g/mol. The van der Waals surface area contributed by atoms with Crippen molar-refractivity contribution >= 4 is 26.8 Å². The fourth-order valence-electron chi connectivity index (χ4n) is 2.77. The molecular weight excluding hydrogens is 332 g/mol. The standard InChI is InChI=1S/C16H14N2O5S/c1-10-2-5-14-13(8-10)18(6-7-22-14)24(20,21)11-3-4-12-15(9-11)23-16(19)17-12/h2-5,8-9H,6-7H2,1H3,(H,17,19). The molecule has 0 amide bonds. The van der Waals surface area contributed by atoms with Gasteiger partial charge in [0.15, 0.2) is 5.58 Å². The third kappa shape index (κ3) is 2.26. The Balaban J connectivity index is 1.85. The van der Waals surface area contributed by atoms with E-state index in [4.69, 9.17) is 9.15 Å². The molecule has 0 fully saturated rings. The molecule has 0 aliphatic carbocycles. The molecule has 1 aliphatic heterocycles. The molecule has 0 spiro atoms. The Bertz CT molecular complexity index is 1100. The van der Waals surface area contributed by atoms with Crippen molar-refractivity contribution in [3.63, 3.8) is 0 Å². The van der Waals surface area contributed by atoms with Crippen molar-refractivity contribution in [3.05, 3.63) is 52.5 Å². The lowest BCUT2D eigenvalue weighted by molar-refractivity contribution is 0.315. The number of benzene rings is 2. The zero-order chi connectivity index (χ0) is 16.9. The lowest BCUT2D eigenvalue weighted by Crippen LogP contribution is -2.37. The third-order valence-electron chi connectivity index (χ3n) is 3.92. The number of ether oxygens (including phenoxy) is 1. The summed E-state index contributed by atoms with van der Waals surface area (Å²) in [5.74, 6) is -0.0865. The molecule has 0 unspecified atom stereocenters. The number of aromatic nitrogens is 1. The van der Waals surface area contributed by atoms with Gasteiger partial charge in [0.05, 0.1) is 22.6 Å². The number of sulfonamides is 1. The highest BCUT2D eigenvalue weighted by Gasteiger charge is 2.30. The number of aryl methyl sites for hydroxylation is 1. The molecule has 2 heterocycles. The van der Waals surface area contributed by atoms with Crippen LogP contribution in [0.4, 0.5) is 5.69 Å². The molecule has 2 aromatic carbocycles. The fourth-order valence-corrected chi connectivity index (χ4v) is 4.23. The second-order valence-corrected chi connectivity index (χ2v) is 7.43. The molecule has 0 radical (unpaired) electrons. The number of hydrogen-bond donors (Lipinski definition) is 1. The summed E-state index contributed by atoms with van der Waals surface area (Å²) < 4.78 is 37.9. The lowest BCUT2D eigenvalue weighted by atomic mass is 10.2. The molecule has 7 nitrogen and oxygen atoms in total. The van der Waals surface area contributed by atoms with Gasteiger partial charge in [0.1, 0.15) is 12.4 Å². The number of hydrogen-bond acceptors (Lipinski definition) is 5. The van der Waals surface area contributed by atoms with Gasteiger partial charge in [-0.05, 0) is 36.8 Å². The zero-order valence-corrected chi connectivity index (χ0v) is 13.6. The average Bonchev–Trinajstić information content (AvgIpc) is 2.93. The molecule has 8 heteroatoms. The minimum Gasteiger partial charge on any atom is -0.489 e. The van der Waals surface area contributed by atoms with Crippen molar-refractivity contribution in [1.82, 2.24) is 4.98 Å². The van der Waals surface area contributed by atoms with E-state index in [0.29, 0.717) is 17.0 Å². The van der Waals surface area contributed by atoms with Gasteiger partial charge in [0.2, 0.25) is 0 Å². The summed E-state index contributed by atoms with van der Waals surface area (Å²) in [6.45, 7) is 2.38. The molecule has 124 valence electrons. The van der Waals surface area contributed by atoms with Gasteiger partial charge in [-0.2, -0.15) is 0 Å². The molecule has 1 N–H and O–H groups in total. The van der Waals surface area contributed by atoms with E-state index in [9.17, 15) is 13.2 Å². The van der Waals surface area contributed by atoms with Crippen LogP contribution in [0.15, 0.2) is 50.5 Å². The summed E-state index contributed by atoms with van der Waals surface area (Å²) in [6.07, 6.45) is 0. The minimum absolute atomic E-state index is 0.0621. The van der Waals surface area contributed by atoms with E-state index in [1.54, 1.807) is 12.1 Å². The summed E-state index contributed by atoms with van der Waals surface area (Å²) in [4.78, 5) is 13.8. The first-order valence-electron chi connectivity index (χ1n) is 7.34. The van der Waals surface area contributed by atoms with Gasteiger partial charge < -0.3 is 9.15 Å². The van der Waals surface area contributed by atoms with Crippen LogP contribution in [0.1, 0.15) is 5.56 Å². The summed E-state index contributed by atoms with van der Waals surface area (Å²) in [7, 11) is -3.80. The predicted octanol–water partition coefficient (Wildman–Crippen LogP) is 2.02. The van der Waals surface area contributed by atoms with Gasteiger partial charge in [-0.25, -0.2) is 13.2 Å². The monoisotopic (exact) mass is 346 g/mol. The third-order valence-corrected chi connectivity index (χ3v) is 5.72. The molecule has 1 aliphatic rings. The Morgan fingerprint density at radius 2 is 2.00 bits per heavy atom. The summed E-state index contributed by atoms with van der Waals surface area (Å²) >= 11 is 0. The first kappa shape index (κ1) is 14.8. The van der Waals surface area contributed by atoms with E-state index in [1.165, 1.54) is 22.5 Å². The summed E-state index contributed by atoms with van der Waals surface area (Å²) in [5.41, 5.74) is 2.11. The van der Waals surface area contributed by atoms with Crippen LogP contribution in [0.5, 0.6) is 5.75 Å². The normalized spacial score (nSPS) is 14.5. The number of rotatable bonds is 2. The molecule has 0 saturated heterocycles. The predicted molar refractivity (Wildman–Crippen MR) is 88.0 cm³/mol. The van der Waals surface area contributed by atoms with Crippen LogP contribution < -0.4 is 14.8 Å². The lowest BCUT2D eigenvalue weighted by Gasteiger charge is -2.30. The molecule has 3 aromatic rings. The number of nitrogens with one attached hydrogen (secondary N) is 1. The second kappa shape index (κ2) is 5.13. The van der Waals surface area contributed by atoms with E-state index in [1.807, 2.05) is 13.0 Å². The molecule has 0 saturated carbocycles. The van der Waals surface area contributed by atoms with E-state index >= 15 is 0 Å². The van der Waals surface area contributed by atoms with Crippen LogP contribution in [0.25, 0.3) is 11.1 Å². The maximum Gasteiger partial charge on any atom is 0.417 e. The van der Waals surface area contributed by atoms with Crippen LogP contribution in [0.2, 0.25) is 0 Å². The van der Waals surface area contributed by atoms with Crippen LogP contribution >= 0.6 is 0 Å². The van der Waals surface area contributed by atoms with Gasteiger partial charge in [-0.15, -0.1) is 0 Å². The van der Waals surface area contributed by atoms with Crippen LogP contribution in [-0.4, -0.2) is 26.6 Å². The van der Waals surface area contributed by atoms with E-state index in [2.05, 4.69) is 4.98 Å². The Hall–Kier alpha value is -2.74. The van der Waals surface area contributed by atoms with Gasteiger partial charge in [0, 0.05) is 6.07 Å². The van der Waals surface area contributed by atoms with E-state index in [-0.39, 0.29) is 23.6 Å². The maximum atomic E-state index is 13.1. The number of fused-ring (bicyclic) bond motifs is 2. The van der Waals surface area contributed by atoms with Crippen molar-refractivity contribution < 1.29 is 17.6 Å². The van der Waals surface area contributed by atoms with Crippen molar-refractivity contribution in [3.8, 4) is 5.75 Å². The zero-order valence-electron chi connectivity index (χ0n) is 12.8. The smallest absolute Gasteiger partial charge is 0.417 e. The SMILES string of the molecule is Cc1ccc2c(c1)N(S(=O)(=O)c1ccc3[nH]c(=O)oc3c1)CCO2. The first-order chi connectivity index (χ1) is 11.4. The molecular formula is C16H14N2O5S. The summed E-state index contributed by atoms with van der Waals surface area (Å²) in [6, 6.07) is 9.74. The Labute approximate surface area is 137 Å². The highest BCUT2D eigenvalue weighted by Crippen LogP contribution is 2.36. The van der Waals surface area contributed by atoms with Crippen molar-refractivity contribution in [2.24, 2.45) is 0 Å². The Kier molecular flexibility index (Phi) is 3.17. The molecule has 0 bridgehead atoms. The fraction of sp³-hybridized carbons (Fsp3) is 0.188. The highest BCUT2D eigenvalue weighted by atomic mass is 32.2. The van der Waals surface area contributed by atoms with Crippen LogP contribution in [0, 0.1) is 6.92 Å². The molecule has 0 atom stereocenters. The quantitative estimate of drug-likeness (QED) is 0.766. The first-order valence-corrected chi connectivity index (χ1v) is 8.78. The minimum atomic E-state index is -3.80. The van der Waals surface area contributed by atoms with E-state index < -0.39 is 15.8 Å². The van der Waals surface area contributed by atoms with E-state index in [0.717, 1.165) is 5.56 Å². The highest BCUT2D eigenvalue weighted by molar-refractivity contribution is 7.92. The van der Waals surface area contributed by atoms with Gasteiger partial charge in [-0.3, -0.25) is 9.29 Å². The maximum absolute atomic E-state index is 13.1. The number of oxazole rings is 1. The van der Waals surface area contributed by atoms with Gasteiger partial charge in [-0.1, -0.05) is 6.07 Å². The number of nitrogens with zero attached hydrogens (tertiary/aromatic N) is 1. The van der Waals surface area contributed by atoms with Gasteiger partial charge >= 0.3 is 5.76 Å². The van der Waals surface area contributed by atoms with Crippen molar-refractivity contribution in [2.45, 2.75) is 11.8 Å². The second-order valence-electron chi connectivity index (χ2n) is 5.57. The van der Waals surface area contributed by atoms with Crippen LogP contribution in [-0.2, 0) is 10.0 Å². The van der Waals surface area contributed by atoms with Crippen molar-refractivity contribution in [2.75, 3.05) is 17.5 Å². The summed E-state index contributed by atoms with van der Waals surface area (Å²) in [5, 5.41) is 0. The van der Waals surface area contributed by atoms with Crippen LogP contribution in [0.3, 0.4) is 0 Å². The number of aromatic amines is 1. The Morgan fingerprint density at radius 1 is 1.17 bits per heavy atom. The topological polar surface area (TPSA) is 92.6 Å². The van der Waals surface area contributed by atoms with Crippen molar-refractivity contribution in [1.29, 1.82) is 0 Å². The molecule has 24 heavy (non-hydrogen) atoms. The number of anilines is 1. The Morgan fingerprint density at radius 3 is 2.83 bits per heavy atom. The largest absolute Gasteiger partial charge is 0.489 e.